The first-order valence-corrected chi connectivity index (χ1v) is 5.63. The van der Waals surface area contributed by atoms with Crippen LogP contribution in [0.4, 0.5) is 5.82 Å². The van der Waals surface area contributed by atoms with Crippen molar-refractivity contribution in [1.29, 1.82) is 0 Å². The first-order valence-electron chi connectivity index (χ1n) is 4.37. The summed E-state index contributed by atoms with van der Waals surface area (Å²) in [6.07, 6.45) is 1.62. The molecule has 6 heteroatoms. The monoisotopic (exact) mass is 240 g/mol. The largest absolute Gasteiger partial charge is 0.363 e. The average Bonchev–Trinajstić information content (AvgIpc) is 2.62. The smallest absolute Gasteiger partial charge is 0.224 e. The van der Waals surface area contributed by atoms with Gasteiger partial charge in [0.15, 0.2) is 0 Å². The average molecular weight is 241 g/mol. The number of nitrogens with zero attached hydrogens (tertiary/aromatic N) is 3. The van der Waals surface area contributed by atoms with E-state index in [1.807, 2.05) is 12.3 Å². The fraction of sp³-hybridized carbons (Fsp3) is 0.222. The Bertz CT molecular complexity index is 457. The van der Waals surface area contributed by atoms with Crippen molar-refractivity contribution in [3.05, 3.63) is 33.6 Å². The van der Waals surface area contributed by atoms with Gasteiger partial charge in [0.2, 0.25) is 5.28 Å². The van der Waals surface area contributed by atoms with Gasteiger partial charge in [-0.1, -0.05) is 0 Å². The molecule has 0 aliphatic heterocycles. The molecular formula is C9H9ClN4S. The molecule has 4 nitrogen and oxygen atoms in total. The van der Waals surface area contributed by atoms with Gasteiger partial charge >= 0.3 is 0 Å². The SMILES string of the molecule is Cc1csc(CNc2ccnc(Cl)n2)n1. The van der Waals surface area contributed by atoms with E-state index in [0.717, 1.165) is 10.7 Å². The summed E-state index contributed by atoms with van der Waals surface area (Å²) in [4.78, 5) is 12.1. The Labute approximate surface area is 96.4 Å². The van der Waals surface area contributed by atoms with Crippen LogP contribution >= 0.6 is 22.9 Å². The Morgan fingerprint density at radius 3 is 3.00 bits per heavy atom. The molecule has 0 bridgehead atoms. The third-order valence-electron chi connectivity index (χ3n) is 1.71. The summed E-state index contributed by atoms with van der Waals surface area (Å²) in [5.41, 5.74) is 1.04. The number of anilines is 1. The number of nitrogens with one attached hydrogen (secondary N) is 1. The molecule has 2 aromatic rings. The molecule has 0 amide bonds. The number of hydrogen-bond donors (Lipinski definition) is 1. The third-order valence-corrected chi connectivity index (χ3v) is 2.86. The van der Waals surface area contributed by atoms with Gasteiger partial charge < -0.3 is 5.32 Å². The van der Waals surface area contributed by atoms with Crippen molar-refractivity contribution < 1.29 is 0 Å². The normalized spacial score (nSPS) is 10.3. The first-order chi connectivity index (χ1) is 7.24. The molecule has 0 aliphatic carbocycles. The number of rotatable bonds is 3. The number of thiazole rings is 1. The second-order valence-electron chi connectivity index (χ2n) is 2.95. The zero-order valence-corrected chi connectivity index (χ0v) is 9.64. The van der Waals surface area contributed by atoms with E-state index < -0.39 is 0 Å². The van der Waals surface area contributed by atoms with E-state index in [1.165, 1.54) is 0 Å². The summed E-state index contributed by atoms with van der Waals surface area (Å²) >= 11 is 7.28. The molecule has 1 N–H and O–H groups in total. The van der Waals surface area contributed by atoms with Crippen molar-refractivity contribution in [3.8, 4) is 0 Å². The minimum Gasteiger partial charge on any atom is -0.363 e. The van der Waals surface area contributed by atoms with Gasteiger partial charge in [0.1, 0.15) is 10.8 Å². The van der Waals surface area contributed by atoms with Crippen LogP contribution in [0.1, 0.15) is 10.7 Å². The van der Waals surface area contributed by atoms with Crippen molar-refractivity contribution in [2.75, 3.05) is 5.32 Å². The minimum atomic E-state index is 0.246. The van der Waals surface area contributed by atoms with Gasteiger partial charge in [-0.25, -0.2) is 15.0 Å². The summed E-state index contributed by atoms with van der Waals surface area (Å²) in [5, 5.41) is 6.42. The van der Waals surface area contributed by atoms with Gasteiger partial charge in [0.25, 0.3) is 0 Å². The zero-order valence-electron chi connectivity index (χ0n) is 8.07. The second kappa shape index (κ2) is 4.55. The van der Waals surface area contributed by atoms with Gasteiger partial charge in [0, 0.05) is 17.3 Å². The molecule has 0 saturated carbocycles. The van der Waals surface area contributed by atoms with Crippen molar-refractivity contribution >= 4 is 28.8 Å². The van der Waals surface area contributed by atoms with Gasteiger partial charge in [-0.05, 0) is 24.6 Å². The molecule has 0 aliphatic rings. The third kappa shape index (κ3) is 2.87. The van der Waals surface area contributed by atoms with Crippen molar-refractivity contribution in [3.63, 3.8) is 0 Å². The maximum absolute atomic E-state index is 5.66. The predicted molar refractivity (Wildman–Crippen MR) is 61.2 cm³/mol. The van der Waals surface area contributed by atoms with E-state index in [-0.39, 0.29) is 5.28 Å². The molecular weight excluding hydrogens is 232 g/mol. The maximum atomic E-state index is 5.66. The van der Waals surface area contributed by atoms with Crippen LogP contribution in [0, 0.1) is 6.92 Å². The summed E-state index contributed by atoms with van der Waals surface area (Å²) in [7, 11) is 0. The van der Waals surface area contributed by atoms with Gasteiger partial charge in [-0.3, -0.25) is 0 Å². The van der Waals surface area contributed by atoms with E-state index >= 15 is 0 Å². The molecule has 0 fully saturated rings. The Kier molecular flexibility index (Phi) is 3.13. The Hall–Kier alpha value is -1.20. The highest BCUT2D eigenvalue weighted by Gasteiger charge is 1.99. The number of halogens is 1. The predicted octanol–water partition coefficient (Wildman–Crippen LogP) is 2.51. The lowest BCUT2D eigenvalue weighted by Crippen LogP contribution is -2.01. The molecule has 0 radical (unpaired) electrons. The van der Waals surface area contributed by atoms with Crippen molar-refractivity contribution in [2.45, 2.75) is 13.5 Å². The lowest BCUT2D eigenvalue weighted by Gasteiger charge is -2.02. The van der Waals surface area contributed by atoms with Crippen LogP contribution in [-0.2, 0) is 6.54 Å². The Balaban J connectivity index is 1.99. The molecule has 0 unspecified atom stereocenters. The summed E-state index contributed by atoms with van der Waals surface area (Å²) < 4.78 is 0. The summed E-state index contributed by atoms with van der Waals surface area (Å²) in [6, 6.07) is 1.77. The number of aromatic nitrogens is 3. The van der Waals surface area contributed by atoms with Crippen LogP contribution in [0.3, 0.4) is 0 Å². The molecule has 0 spiro atoms. The van der Waals surface area contributed by atoms with Crippen LogP contribution in [0.25, 0.3) is 0 Å². The van der Waals surface area contributed by atoms with Crippen LogP contribution < -0.4 is 5.32 Å². The molecule has 2 rings (SSSR count). The molecule has 0 atom stereocenters. The molecule has 2 heterocycles. The fourth-order valence-electron chi connectivity index (χ4n) is 1.08. The highest BCUT2D eigenvalue weighted by Crippen LogP contribution is 2.11. The lowest BCUT2D eigenvalue weighted by atomic mass is 10.5. The zero-order chi connectivity index (χ0) is 10.7. The second-order valence-corrected chi connectivity index (χ2v) is 4.23. The maximum Gasteiger partial charge on any atom is 0.224 e. The van der Waals surface area contributed by atoms with Crippen LogP contribution in [-0.4, -0.2) is 15.0 Å². The van der Waals surface area contributed by atoms with Crippen molar-refractivity contribution in [1.82, 2.24) is 15.0 Å². The molecule has 15 heavy (non-hydrogen) atoms. The fourth-order valence-corrected chi connectivity index (χ4v) is 1.94. The number of aryl methyl sites for hydroxylation is 1. The van der Waals surface area contributed by atoms with E-state index in [9.17, 15) is 0 Å². The summed E-state index contributed by atoms with van der Waals surface area (Å²) in [6.45, 7) is 2.63. The molecule has 0 saturated heterocycles. The minimum absolute atomic E-state index is 0.246. The van der Waals surface area contributed by atoms with Gasteiger partial charge in [-0.2, -0.15) is 0 Å². The number of hydrogen-bond acceptors (Lipinski definition) is 5. The van der Waals surface area contributed by atoms with Crippen LogP contribution in [0.2, 0.25) is 5.28 Å². The topological polar surface area (TPSA) is 50.7 Å². The molecule has 0 aromatic carbocycles. The van der Waals surface area contributed by atoms with E-state index in [0.29, 0.717) is 12.4 Å². The highest BCUT2D eigenvalue weighted by atomic mass is 35.5. The van der Waals surface area contributed by atoms with Gasteiger partial charge in [0.05, 0.1) is 6.54 Å². The summed E-state index contributed by atoms with van der Waals surface area (Å²) in [5.74, 6) is 0.711. The van der Waals surface area contributed by atoms with E-state index in [4.69, 9.17) is 11.6 Å². The Morgan fingerprint density at radius 1 is 1.47 bits per heavy atom. The van der Waals surface area contributed by atoms with Gasteiger partial charge in [-0.15, -0.1) is 11.3 Å². The molecule has 78 valence electrons. The van der Waals surface area contributed by atoms with E-state index in [2.05, 4.69) is 20.3 Å². The lowest BCUT2D eigenvalue weighted by molar-refractivity contribution is 1.04. The first kappa shape index (κ1) is 10.3. The van der Waals surface area contributed by atoms with Crippen molar-refractivity contribution in [2.24, 2.45) is 0 Å². The molecule has 2 aromatic heterocycles. The quantitative estimate of drug-likeness (QED) is 0.838. The van der Waals surface area contributed by atoms with Crippen LogP contribution in [0.5, 0.6) is 0 Å². The highest BCUT2D eigenvalue weighted by molar-refractivity contribution is 7.09. The van der Waals surface area contributed by atoms with E-state index in [1.54, 1.807) is 23.6 Å². The van der Waals surface area contributed by atoms with Crippen LogP contribution in [0.15, 0.2) is 17.6 Å². The Morgan fingerprint density at radius 2 is 2.33 bits per heavy atom. The standard InChI is InChI=1S/C9H9ClN4S/c1-6-5-15-8(13-6)4-12-7-2-3-11-9(10)14-7/h2-3,5H,4H2,1H3,(H,11,12,14).